The molecule has 1 aromatic rings. The fraction of sp³-hybridized carbons (Fsp3) is 0.462. The van der Waals surface area contributed by atoms with Gasteiger partial charge >= 0.3 is 5.97 Å². The highest BCUT2D eigenvalue weighted by Gasteiger charge is 2.18. The Kier molecular flexibility index (Phi) is 5.67. The van der Waals surface area contributed by atoms with Gasteiger partial charge in [-0.15, -0.1) is 0 Å². The Morgan fingerprint density at radius 3 is 2.50 bits per heavy atom. The lowest BCUT2D eigenvalue weighted by atomic mass is 10.1. The highest BCUT2D eigenvalue weighted by Crippen LogP contribution is 2.17. The van der Waals surface area contributed by atoms with E-state index in [1.165, 1.54) is 20.2 Å². The zero-order chi connectivity index (χ0) is 15.3. The van der Waals surface area contributed by atoms with Crippen molar-refractivity contribution in [3.63, 3.8) is 0 Å². The molecule has 112 valence electrons. The van der Waals surface area contributed by atoms with E-state index in [0.717, 1.165) is 5.56 Å². The second-order valence-corrected chi connectivity index (χ2v) is 6.30. The van der Waals surface area contributed by atoms with Gasteiger partial charge in [-0.3, -0.25) is 10.1 Å². The van der Waals surface area contributed by atoms with Crippen LogP contribution in [0.1, 0.15) is 25.5 Å². The van der Waals surface area contributed by atoms with E-state index < -0.39 is 16.1 Å². The monoisotopic (exact) mass is 300 g/mol. The molecule has 0 spiro atoms. The summed E-state index contributed by atoms with van der Waals surface area (Å²) >= 11 is 0. The maximum absolute atomic E-state index is 11.7. The van der Waals surface area contributed by atoms with Crippen molar-refractivity contribution in [3.8, 4) is 0 Å². The SMILES string of the molecule is CNS(=O)(=O)c1cccc([C@@H](C)N[C@@H](C)C(=O)OC)c1. The Bertz CT molecular complexity index is 571. The molecule has 0 aliphatic carbocycles. The summed E-state index contributed by atoms with van der Waals surface area (Å²) in [4.78, 5) is 11.6. The van der Waals surface area contributed by atoms with Crippen molar-refractivity contribution in [2.24, 2.45) is 0 Å². The van der Waals surface area contributed by atoms with Crippen LogP contribution >= 0.6 is 0 Å². The summed E-state index contributed by atoms with van der Waals surface area (Å²) < 4.78 is 30.4. The smallest absolute Gasteiger partial charge is 0.322 e. The van der Waals surface area contributed by atoms with Crippen LogP contribution in [-0.2, 0) is 19.6 Å². The third-order valence-corrected chi connectivity index (χ3v) is 4.40. The minimum absolute atomic E-state index is 0.184. The number of rotatable bonds is 6. The predicted octanol–water partition coefficient (Wildman–Crippen LogP) is 0.807. The normalized spacial score (nSPS) is 14.6. The van der Waals surface area contributed by atoms with Crippen LogP contribution in [0.25, 0.3) is 0 Å². The molecule has 0 saturated heterocycles. The molecule has 0 aromatic heterocycles. The molecule has 2 N–H and O–H groups in total. The number of nitrogens with one attached hydrogen (secondary N) is 2. The van der Waals surface area contributed by atoms with Gasteiger partial charge in [0, 0.05) is 6.04 Å². The summed E-state index contributed by atoms with van der Waals surface area (Å²) in [6, 6.07) is 5.91. The molecule has 0 aliphatic heterocycles. The van der Waals surface area contributed by atoms with Gasteiger partial charge in [0.25, 0.3) is 0 Å². The summed E-state index contributed by atoms with van der Waals surface area (Å²) in [5.74, 6) is -0.365. The van der Waals surface area contributed by atoms with Crippen LogP contribution in [0.2, 0.25) is 0 Å². The largest absolute Gasteiger partial charge is 0.468 e. The third-order valence-electron chi connectivity index (χ3n) is 2.99. The Balaban J connectivity index is 2.92. The van der Waals surface area contributed by atoms with Crippen LogP contribution in [0.3, 0.4) is 0 Å². The quantitative estimate of drug-likeness (QED) is 0.759. The van der Waals surface area contributed by atoms with Crippen LogP contribution in [-0.4, -0.2) is 34.6 Å². The summed E-state index contributed by atoms with van der Waals surface area (Å²) in [6.07, 6.45) is 0. The van der Waals surface area contributed by atoms with Gasteiger partial charge in [-0.2, -0.15) is 0 Å². The zero-order valence-electron chi connectivity index (χ0n) is 12.0. The number of hydrogen-bond acceptors (Lipinski definition) is 5. The van der Waals surface area contributed by atoms with E-state index in [0.29, 0.717) is 0 Å². The van der Waals surface area contributed by atoms with Crippen molar-refractivity contribution in [2.45, 2.75) is 30.8 Å². The second-order valence-electron chi connectivity index (χ2n) is 4.41. The van der Waals surface area contributed by atoms with E-state index in [2.05, 4.69) is 14.8 Å². The third kappa shape index (κ3) is 4.03. The maximum atomic E-state index is 11.7. The van der Waals surface area contributed by atoms with Crippen molar-refractivity contribution >= 4 is 16.0 Å². The minimum atomic E-state index is -3.47. The highest BCUT2D eigenvalue weighted by molar-refractivity contribution is 7.89. The molecule has 0 unspecified atom stereocenters. The van der Waals surface area contributed by atoms with Crippen molar-refractivity contribution in [1.29, 1.82) is 0 Å². The van der Waals surface area contributed by atoms with Crippen molar-refractivity contribution < 1.29 is 17.9 Å². The lowest BCUT2D eigenvalue weighted by Gasteiger charge is -2.19. The fourth-order valence-electron chi connectivity index (χ4n) is 1.78. The molecule has 0 aliphatic rings. The molecule has 1 rings (SSSR count). The number of sulfonamides is 1. The number of carbonyl (C=O) groups is 1. The van der Waals surface area contributed by atoms with Crippen LogP contribution in [0.5, 0.6) is 0 Å². The molecule has 2 atom stereocenters. The number of esters is 1. The Labute approximate surface area is 119 Å². The molecule has 0 amide bonds. The predicted molar refractivity (Wildman–Crippen MR) is 75.7 cm³/mol. The van der Waals surface area contributed by atoms with E-state index in [1.54, 1.807) is 25.1 Å². The number of benzene rings is 1. The summed E-state index contributed by atoms with van der Waals surface area (Å²) in [7, 11) is -0.784. The molecular weight excluding hydrogens is 280 g/mol. The first-order valence-electron chi connectivity index (χ1n) is 6.19. The molecule has 1 aromatic carbocycles. The molecule has 20 heavy (non-hydrogen) atoms. The molecule has 7 heteroatoms. The molecular formula is C13H20N2O4S. The first kappa shape index (κ1) is 16.6. The topological polar surface area (TPSA) is 84.5 Å². The van der Waals surface area contributed by atoms with Gasteiger partial charge in [0.15, 0.2) is 0 Å². The van der Waals surface area contributed by atoms with Gasteiger partial charge in [0.1, 0.15) is 6.04 Å². The average Bonchev–Trinajstić information content (AvgIpc) is 2.46. The number of hydrogen-bond donors (Lipinski definition) is 2. The van der Waals surface area contributed by atoms with Crippen molar-refractivity contribution in [2.75, 3.05) is 14.2 Å². The number of methoxy groups -OCH3 is 1. The van der Waals surface area contributed by atoms with Crippen LogP contribution in [0, 0.1) is 0 Å². The lowest BCUT2D eigenvalue weighted by Crippen LogP contribution is -2.36. The highest BCUT2D eigenvalue weighted by atomic mass is 32.2. The lowest BCUT2D eigenvalue weighted by molar-refractivity contribution is -0.142. The number of ether oxygens (including phenoxy) is 1. The Hall–Kier alpha value is -1.44. The van der Waals surface area contributed by atoms with Crippen molar-refractivity contribution in [1.82, 2.24) is 10.0 Å². The molecule has 0 heterocycles. The van der Waals surface area contributed by atoms with E-state index in [9.17, 15) is 13.2 Å². The van der Waals surface area contributed by atoms with Crippen LogP contribution in [0.15, 0.2) is 29.2 Å². The van der Waals surface area contributed by atoms with E-state index in [4.69, 9.17) is 0 Å². The van der Waals surface area contributed by atoms with Gasteiger partial charge < -0.3 is 4.74 Å². The zero-order valence-corrected chi connectivity index (χ0v) is 12.8. The Morgan fingerprint density at radius 1 is 1.30 bits per heavy atom. The molecule has 0 fully saturated rings. The summed E-state index contributed by atoms with van der Waals surface area (Å²) in [5.41, 5.74) is 0.775. The minimum Gasteiger partial charge on any atom is -0.468 e. The molecule has 0 radical (unpaired) electrons. The van der Waals surface area contributed by atoms with Gasteiger partial charge in [-0.1, -0.05) is 12.1 Å². The van der Waals surface area contributed by atoms with E-state index in [-0.39, 0.29) is 16.9 Å². The summed E-state index contributed by atoms with van der Waals surface area (Å²) in [6.45, 7) is 3.54. The standard InChI is InChI=1S/C13H20N2O4S/c1-9(15-10(2)13(16)19-4)11-6-5-7-12(8-11)20(17,18)14-3/h5-10,14-15H,1-4H3/t9-,10+/m1/s1. The second kappa shape index (κ2) is 6.83. The van der Waals surface area contributed by atoms with Gasteiger partial charge in [-0.25, -0.2) is 13.1 Å². The van der Waals surface area contributed by atoms with Crippen LogP contribution < -0.4 is 10.0 Å². The molecule has 6 nitrogen and oxygen atoms in total. The summed E-state index contributed by atoms with van der Waals surface area (Å²) in [5, 5.41) is 3.05. The van der Waals surface area contributed by atoms with Gasteiger partial charge in [-0.05, 0) is 38.6 Å². The van der Waals surface area contributed by atoms with Gasteiger partial charge in [0.2, 0.25) is 10.0 Å². The van der Waals surface area contributed by atoms with Crippen molar-refractivity contribution in [3.05, 3.63) is 29.8 Å². The average molecular weight is 300 g/mol. The Morgan fingerprint density at radius 2 is 1.95 bits per heavy atom. The fourth-order valence-corrected chi connectivity index (χ4v) is 2.57. The van der Waals surface area contributed by atoms with Crippen LogP contribution in [0.4, 0.5) is 0 Å². The first-order chi connectivity index (χ1) is 9.31. The number of carbonyl (C=O) groups excluding carboxylic acids is 1. The first-order valence-corrected chi connectivity index (χ1v) is 7.67. The van der Waals surface area contributed by atoms with Gasteiger partial charge in [0.05, 0.1) is 12.0 Å². The molecule has 0 saturated carbocycles. The maximum Gasteiger partial charge on any atom is 0.322 e. The van der Waals surface area contributed by atoms with E-state index >= 15 is 0 Å². The van der Waals surface area contributed by atoms with E-state index in [1.807, 2.05) is 6.92 Å². The molecule has 0 bridgehead atoms.